The molecule has 5 N–H and O–H groups in total. The number of carbonyl (C=O) groups is 1. The third-order valence-corrected chi connectivity index (χ3v) is 2.29. The fourth-order valence-corrected chi connectivity index (χ4v) is 1.45. The van der Waals surface area contributed by atoms with E-state index in [1.165, 1.54) is 30.5 Å². The lowest BCUT2D eigenvalue weighted by molar-refractivity contribution is -0.137. The second-order valence-electron chi connectivity index (χ2n) is 3.93. The molecule has 7 heteroatoms. The summed E-state index contributed by atoms with van der Waals surface area (Å²) in [6.07, 6.45) is -0.627. The Morgan fingerprint density at radius 2 is 2.05 bits per heavy atom. The largest absolute Gasteiger partial charge is 0.416 e. The van der Waals surface area contributed by atoms with Gasteiger partial charge in [-0.15, -0.1) is 0 Å². The first-order valence-electron chi connectivity index (χ1n) is 5.63. The second-order valence-corrected chi connectivity index (χ2v) is 3.93. The summed E-state index contributed by atoms with van der Waals surface area (Å²) in [4.78, 5) is 11.6. The number of rotatable bonds is 4. The van der Waals surface area contributed by atoms with Crippen LogP contribution in [0.2, 0.25) is 0 Å². The summed E-state index contributed by atoms with van der Waals surface area (Å²) in [5, 5.41) is 2.33. The van der Waals surface area contributed by atoms with Gasteiger partial charge in [-0.05, 0) is 30.0 Å². The van der Waals surface area contributed by atoms with Crippen LogP contribution < -0.4 is 16.8 Å². The highest BCUT2D eigenvalue weighted by Crippen LogP contribution is 2.29. The molecule has 20 heavy (non-hydrogen) atoms. The molecule has 0 unspecified atom stereocenters. The summed E-state index contributed by atoms with van der Waals surface area (Å²) in [6, 6.07) is 4.57. The highest BCUT2D eigenvalue weighted by atomic mass is 19.4. The topological polar surface area (TPSA) is 81.1 Å². The van der Waals surface area contributed by atoms with Gasteiger partial charge in [0, 0.05) is 0 Å². The molecule has 0 aliphatic carbocycles. The Morgan fingerprint density at radius 3 is 2.65 bits per heavy atom. The number of halogens is 3. The predicted molar refractivity (Wildman–Crippen MR) is 68.9 cm³/mol. The van der Waals surface area contributed by atoms with E-state index in [4.69, 9.17) is 11.5 Å². The van der Waals surface area contributed by atoms with Crippen LogP contribution in [0, 0.1) is 0 Å². The lowest BCUT2D eigenvalue weighted by atomic mass is 10.1. The molecule has 0 atom stereocenters. The highest BCUT2D eigenvalue weighted by Gasteiger charge is 2.30. The van der Waals surface area contributed by atoms with Gasteiger partial charge in [0.15, 0.2) is 0 Å². The summed E-state index contributed by atoms with van der Waals surface area (Å²) in [5.41, 5.74) is 10.00. The molecule has 0 saturated heterocycles. The molecule has 1 amide bonds. The number of carbonyl (C=O) groups excluding carboxylic acids is 1. The van der Waals surface area contributed by atoms with Crippen LogP contribution in [-0.2, 0) is 17.4 Å². The quantitative estimate of drug-likeness (QED) is 0.736. The Bertz CT molecular complexity index is 536. The van der Waals surface area contributed by atoms with Gasteiger partial charge in [0.2, 0.25) is 5.91 Å². The molecular weight excluding hydrogens is 271 g/mol. The van der Waals surface area contributed by atoms with Gasteiger partial charge in [-0.25, -0.2) is 0 Å². The van der Waals surface area contributed by atoms with Gasteiger partial charge in [0.1, 0.15) is 5.82 Å². The number of benzene rings is 1. The zero-order valence-electron chi connectivity index (χ0n) is 10.4. The van der Waals surface area contributed by atoms with E-state index in [9.17, 15) is 18.0 Å². The molecule has 0 aliphatic heterocycles. The second kappa shape index (κ2) is 6.65. The van der Waals surface area contributed by atoms with E-state index in [1.807, 2.05) is 0 Å². The van der Waals surface area contributed by atoms with Crippen molar-refractivity contribution in [1.29, 1.82) is 0 Å². The molecule has 0 aliphatic rings. The third-order valence-electron chi connectivity index (χ3n) is 2.29. The van der Waals surface area contributed by atoms with Crippen molar-refractivity contribution in [3.63, 3.8) is 0 Å². The molecule has 0 bridgehead atoms. The number of amides is 1. The Balaban J connectivity index is 2.72. The summed E-state index contributed by atoms with van der Waals surface area (Å²) in [5.74, 6) is -0.452. The van der Waals surface area contributed by atoms with E-state index in [0.717, 1.165) is 12.1 Å². The van der Waals surface area contributed by atoms with E-state index in [-0.39, 0.29) is 17.8 Å². The van der Waals surface area contributed by atoms with Gasteiger partial charge in [-0.3, -0.25) is 4.79 Å². The van der Waals surface area contributed by atoms with Crippen molar-refractivity contribution in [2.24, 2.45) is 11.5 Å². The minimum Gasteiger partial charge on any atom is -0.405 e. The Kier molecular flexibility index (Phi) is 5.19. The standard InChI is InChI=1S/C13H14F3N3O/c14-13(15,16)10-4-1-3-9(7-10)8-12(20)19-11(18)5-2-6-17/h1-7H,8,17-18H2,(H,19,20)/b6-2-,11-5+. The minimum atomic E-state index is -4.43. The van der Waals surface area contributed by atoms with Crippen LogP contribution >= 0.6 is 0 Å². The molecule has 0 heterocycles. The lowest BCUT2D eigenvalue weighted by Gasteiger charge is -2.09. The molecular formula is C13H14F3N3O. The highest BCUT2D eigenvalue weighted by molar-refractivity contribution is 5.80. The fourth-order valence-electron chi connectivity index (χ4n) is 1.45. The number of nitrogens with two attached hydrogens (primary N) is 2. The van der Waals surface area contributed by atoms with Crippen LogP contribution in [0.4, 0.5) is 13.2 Å². The van der Waals surface area contributed by atoms with Crippen molar-refractivity contribution >= 4 is 5.91 Å². The van der Waals surface area contributed by atoms with E-state index in [0.29, 0.717) is 0 Å². The maximum absolute atomic E-state index is 12.5. The lowest BCUT2D eigenvalue weighted by Crippen LogP contribution is -2.28. The van der Waals surface area contributed by atoms with Gasteiger partial charge in [-0.2, -0.15) is 13.2 Å². The maximum Gasteiger partial charge on any atom is 0.416 e. The van der Waals surface area contributed by atoms with Crippen molar-refractivity contribution < 1.29 is 18.0 Å². The molecule has 108 valence electrons. The number of hydrogen-bond donors (Lipinski definition) is 3. The van der Waals surface area contributed by atoms with Crippen LogP contribution in [0.3, 0.4) is 0 Å². The van der Waals surface area contributed by atoms with Crippen LogP contribution in [0.5, 0.6) is 0 Å². The average molecular weight is 285 g/mol. The first-order chi connectivity index (χ1) is 9.32. The molecule has 0 aromatic heterocycles. The van der Waals surface area contributed by atoms with Gasteiger partial charge in [-0.1, -0.05) is 18.2 Å². The zero-order valence-corrected chi connectivity index (χ0v) is 10.4. The first-order valence-corrected chi connectivity index (χ1v) is 5.63. The third kappa shape index (κ3) is 5.05. The van der Waals surface area contributed by atoms with Crippen molar-refractivity contribution in [2.75, 3.05) is 0 Å². The van der Waals surface area contributed by atoms with E-state index < -0.39 is 17.6 Å². The van der Waals surface area contributed by atoms with Crippen LogP contribution in [-0.4, -0.2) is 5.91 Å². The van der Waals surface area contributed by atoms with Crippen LogP contribution in [0.15, 0.2) is 48.4 Å². The van der Waals surface area contributed by atoms with Crippen LogP contribution in [0.1, 0.15) is 11.1 Å². The Morgan fingerprint density at radius 1 is 1.35 bits per heavy atom. The van der Waals surface area contributed by atoms with Gasteiger partial charge in [0.25, 0.3) is 0 Å². The molecule has 0 spiro atoms. The zero-order chi connectivity index (χ0) is 15.2. The van der Waals surface area contributed by atoms with E-state index in [2.05, 4.69) is 5.32 Å². The SMILES string of the molecule is N/C=C\C=C(/N)NC(=O)Cc1cccc(C(F)(F)F)c1. The van der Waals surface area contributed by atoms with Gasteiger partial charge < -0.3 is 16.8 Å². The van der Waals surface area contributed by atoms with Crippen molar-refractivity contribution in [3.8, 4) is 0 Å². The van der Waals surface area contributed by atoms with Gasteiger partial charge in [0.05, 0.1) is 12.0 Å². The number of alkyl halides is 3. The molecule has 0 saturated carbocycles. The molecule has 1 aromatic rings. The summed E-state index contributed by atoms with van der Waals surface area (Å²) in [6.45, 7) is 0. The average Bonchev–Trinajstić information content (AvgIpc) is 2.35. The van der Waals surface area contributed by atoms with Crippen molar-refractivity contribution in [1.82, 2.24) is 5.32 Å². The number of allylic oxidation sites excluding steroid dienone is 2. The Hall–Kier alpha value is -2.44. The summed E-state index contributed by atoms with van der Waals surface area (Å²) < 4.78 is 37.5. The summed E-state index contributed by atoms with van der Waals surface area (Å²) in [7, 11) is 0. The maximum atomic E-state index is 12.5. The van der Waals surface area contributed by atoms with Crippen molar-refractivity contribution in [2.45, 2.75) is 12.6 Å². The minimum absolute atomic E-state index is 0.0590. The number of hydrogen-bond acceptors (Lipinski definition) is 3. The van der Waals surface area contributed by atoms with Gasteiger partial charge >= 0.3 is 6.18 Å². The monoisotopic (exact) mass is 285 g/mol. The predicted octanol–water partition coefficient (Wildman–Crippen LogP) is 1.64. The first kappa shape index (κ1) is 15.6. The molecule has 1 aromatic carbocycles. The molecule has 4 nitrogen and oxygen atoms in total. The fraction of sp³-hybridized carbons (Fsp3) is 0.154. The smallest absolute Gasteiger partial charge is 0.405 e. The van der Waals surface area contributed by atoms with Crippen LogP contribution in [0.25, 0.3) is 0 Å². The summed E-state index contributed by atoms with van der Waals surface area (Å²) >= 11 is 0. The Labute approximate surface area is 113 Å². The molecule has 0 fully saturated rings. The molecule has 0 radical (unpaired) electrons. The number of nitrogens with one attached hydrogen (secondary N) is 1. The van der Waals surface area contributed by atoms with Crippen molar-refractivity contribution in [3.05, 3.63) is 59.6 Å². The van der Waals surface area contributed by atoms with E-state index in [1.54, 1.807) is 0 Å². The molecule has 1 rings (SSSR count). The van der Waals surface area contributed by atoms with E-state index >= 15 is 0 Å². The normalized spacial score (nSPS) is 12.7.